The van der Waals surface area contributed by atoms with Crippen LogP contribution in [0.3, 0.4) is 0 Å². The lowest BCUT2D eigenvalue weighted by Gasteiger charge is -2.34. The summed E-state index contributed by atoms with van der Waals surface area (Å²) >= 11 is 0. The number of carboxylic acid groups (broad SMARTS) is 1. The van der Waals surface area contributed by atoms with Crippen molar-refractivity contribution < 1.29 is 14.7 Å². The van der Waals surface area contributed by atoms with Crippen LogP contribution < -0.4 is 4.90 Å². The fourth-order valence-electron chi connectivity index (χ4n) is 2.50. The number of amides is 1. The van der Waals surface area contributed by atoms with Crippen molar-refractivity contribution in [3.8, 4) is 0 Å². The molecule has 2 heterocycles. The Kier molecular flexibility index (Phi) is 4.18. The van der Waals surface area contributed by atoms with Crippen molar-refractivity contribution >= 4 is 17.8 Å². The fraction of sp³-hybridized carbons (Fsp3) is 0.250. The van der Waals surface area contributed by atoms with Gasteiger partial charge in [-0.1, -0.05) is 0 Å². The second-order valence-electron chi connectivity index (χ2n) is 5.21. The van der Waals surface area contributed by atoms with Crippen LogP contribution in [0.4, 0.5) is 5.95 Å². The van der Waals surface area contributed by atoms with Crippen molar-refractivity contribution in [2.24, 2.45) is 0 Å². The maximum atomic E-state index is 12.5. The fourth-order valence-corrected chi connectivity index (χ4v) is 2.50. The van der Waals surface area contributed by atoms with Crippen LogP contribution in [0.1, 0.15) is 20.7 Å². The van der Waals surface area contributed by atoms with E-state index in [1.165, 1.54) is 12.1 Å². The average Bonchev–Trinajstić information content (AvgIpc) is 2.62. The standard InChI is InChI=1S/C16H16N4O3/c21-14(12-2-4-13(5-3-12)15(22)23)19-8-10-20(11-9-19)16-17-6-1-7-18-16/h1-7H,8-11H2,(H,22,23). The van der Waals surface area contributed by atoms with Crippen molar-refractivity contribution in [2.45, 2.75) is 0 Å². The summed E-state index contributed by atoms with van der Waals surface area (Å²) in [4.78, 5) is 35.5. The van der Waals surface area contributed by atoms with E-state index in [0.29, 0.717) is 37.7 Å². The number of nitrogens with zero attached hydrogens (tertiary/aromatic N) is 4. The quantitative estimate of drug-likeness (QED) is 0.914. The number of aromatic carboxylic acids is 1. The van der Waals surface area contributed by atoms with Gasteiger partial charge in [-0.2, -0.15) is 0 Å². The van der Waals surface area contributed by atoms with Gasteiger partial charge in [-0.05, 0) is 30.3 Å². The number of rotatable bonds is 3. The normalized spacial score (nSPS) is 14.6. The highest BCUT2D eigenvalue weighted by Gasteiger charge is 2.23. The third kappa shape index (κ3) is 3.28. The summed E-state index contributed by atoms with van der Waals surface area (Å²) in [6.45, 7) is 2.50. The van der Waals surface area contributed by atoms with Crippen molar-refractivity contribution in [3.05, 3.63) is 53.9 Å². The van der Waals surface area contributed by atoms with Gasteiger partial charge in [0.15, 0.2) is 0 Å². The lowest BCUT2D eigenvalue weighted by Crippen LogP contribution is -2.49. The molecule has 7 nitrogen and oxygen atoms in total. The van der Waals surface area contributed by atoms with Crippen molar-refractivity contribution in [2.75, 3.05) is 31.1 Å². The number of anilines is 1. The van der Waals surface area contributed by atoms with Crippen LogP contribution in [0.5, 0.6) is 0 Å². The molecule has 0 radical (unpaired) electrons. The maximum absolute atomic E-state index is 12.5. The summed E-state index contributed by atoms with van der Waals surface area (Å²) in [7, 11) is 0. The minimum absolute atomic E-state index is 0.0874. The molecule has 1 fully saturated rings. The Labute approximate surface area is 133 Å². The number of hydrogen-bond donors (Lipinski definition) is 1. The average molecular weight is 312 g/mol. The summed E-state index contributed by atoms with van der Waals surface area (Å²) in [5, 5.41) is 8.89. The van der Waals surface area contributed by atoms with Crippen LogP contribution in [0, 0.1) is 0 Å². The van der Waals surface area contributed by atoms with E-state index < -0.39 is 5.97 Å². The van der Waals surface area contributed by atoms with Gasteiger partial charge in [0.25, 0.3) is 5.91 Å². The molecule has 1 aromatic heterocycles. The lowest BCUT2D eigenvalue weighted by atomic mass is 10.1. The van der Waals surface area contributed by atoms with Gasteiger partial charge in [0.05, 0.1) is 5.56 Å². The first kappa shape index (κ1) is 15.0. The molecule has 0 atom stereocenters. The van der Waals surface area contributed by atoms with E-state index in [4.69, 9.17) is 5.11 Å². The lowest BCUT2D eigenvalue weighted by molar-refractivity contribution is 0.0693. The summed E-state index contributed by atoms with van der Waals surface area (Å²) in [5.74, 6) is -0.415. The number of carbonyl (C=O) groups excluding carboxylic acids is 1. The zero-order chi connectivity index (χ0) is 16.2. The molecule has 23 heavy (non-hydrogen) atoms. The molecule has 3 rings (SSSR count). The Hall–Kier alpha value is -2.96. The third-order valence-corrected chi connectivity index (χ3v) is 3.78. The van der Waals surface area contributed by atoms with Gasteiger partial charge in [0.1, 0.15) is 0 Å². The molecule has 7 heteroatoms. The van der Waals surface area contributed by atoms with E-state index in [9.17, 15) is 9.59 Å². The van der Waals surface area contributed by atoms with E-state index in [1.807, 2.05) is 4.90 Å². The molecule has 2 aromatic rings. The predicted octanol–water partition coefficient (Wildman–Crippen LogP) is 1.14. The minimum Gasteiger partial charge on any atom is -0.478 e. The second-order valence-corrected chi connectivity index (χ2v) is 5.21. The highest BCUT2D eigenvalue weighted by molar-refractivity contribution is 5.96. The molecule has 1 saturated heterocycles. The number of hydrogen-bond acceptors (Lipinski definition) is 5. The molecule has 1 aromatic carbocycles. The first-order valence-electron chi connectivity index (χ1n) is 7.30. The zero-order valence-electron chi connectivity index (χ0n) is 12.4. The largest absolute Gasteiger partial charge is 0.478 e. The van der Waals surface area contributed by atoms with Crippen LogP contribution in [-0.2, 0) is 0 Å². The molecule has 0 spiro atoms. The van der Waals surface area contributed by atoms with Gasteiger partial charge in [0, 0.05) is 44.1 Å². The smallest absolute Gasteiger partial charge is 0.335 e. The molecule has 0 unspecified atom stereocenters. The maximum Gasteiger partial charge on any atom is 0.335 e. The molecule has 0 aliphatic carbocycles. The Morgan fingerprint density at radius 3 is 2.04 bits per heavy atom. The topological polar surface area (TPSA) is 86.6 Å². The van der Waals surface area contributed by atoms with Crippen LogP contribution in [0.15, 0.2) is 42.7 Å². The highest BCUT2D eigenvalue weighted by Crippen LogP contribution is 2.13. The number of piperazine rings is 1. The van der Waals surface area contributed by atoms with Gasteiger partial charge < -0.3 is 14.9 Å². The third-order valence-electron chi connectivity index (χ3n) is 3.78. The first-order chi connectivity index (χ1) is 11.1. The Morgan fingerprint density at radius 2 is 1.48 bits per heavy atom. The molecular weight excluding hydrogens is 296 g/mol. The molecule has 118 valence electrons. The van der Waals surface area contributed by atoms with Crippen LogP contribution in [0.25, 0.3) is 0 Å². The van der Waals surface area contributed by atoms with E-state index >= 15 is 0 Å². The van der Waals surface area contributed by atoms with Gasteiger partial charge in [-0.3, -0.25) is 4.79 Å². The Morgan fingerprint density at radius 1 is 0.913 bits per heavy atom. The van der Waals surface area contributed by atoms with E-state index in [2.05, 4.69) is 9.97 Å². The Balaban J connectivity index is 1.63. The molecule has 1 aliphatic heterocycles. The van der Waals surface area contributed by atoms with Gasteiger partial charge in [0.2, 0.25) is 5.95 Å². The van der Waals surface area contributed by atoms with Crippen LogP contribution in [0.2, 0.25) is 0 Å². The molecule has 1 aliphatic rings. The summed E-state index contributed by atoms with van der Waals surface area (Å²) in [6, 6.07) is 7.77. The summed E-state index contributed by atoms with van der Waals surface area (Å²) < 4.78 is 0. The first-order valence-corrected chi connectivity index (χ1v) is 7.30. The van der Waals surface area contributed by atoms with Crippen molar-refractivity contribution in [1.29, 1.82) is 0 Å². The number of carbonyl (C=O) groups is 2. The van der Waals surface area contributed by atoms with Gasteiger partial charge >= 0.3 is 5.97 Å². The molecule has 1 amide bonds. The molecule has 1 N–H and O–H groups in total. The highest BCUT2D eigenvalue weighted by atomic mass is 16.4. The van der Waals surface area contributed by atoms with E-state index in [1.54, 1.807) is 35.5 Å². The minimum atomic E-state index is -1.000. The summed E-state index contributed by atoms with van der Waals surface area (Å²) in [5.41, 5.74) is 0.673. The number of carboxylic acids is 1. The number of benzene rings is 1. The monoisotopic (exact) mass is 312 g/mol. The van der Waals surface area contributed by atoms with E-state index in [0.717, 1.165) is 0 Å². The van der Waals surface area contributed by atoms with Crippen molar-refractivity contribution in [1.82, 2.24) is 14.9 Å². The second kappa shape index (κ2) is 6.43. The van der Waals surface area contributed by atoms with E-state index in [-0.39, 0.29) is 11.5 Å². The van der Waals surface area contributed by atoms with Crippen LogP contribution >= 0.6 is 0 Å². The van der Waals surface area contributed by atoms with Crippen molar-refractivity contribution in [3.63, 3.8) is 0 Å². The zero-order valence-corrected chi connectivity index (χ0v) is 12.4. The number of aromatic nitrogens is 2. The summed E-state index contributed by atoms with van der Waals surface area (Å²) in [6.07, 6.45) is 3.40. The SMILES string of the molecule is O=C(O)c1ccc(C(=O)N2CCN(c3ncccn3)CC2)cc1. The Bertz CT molecular complexity index is 695. The predicted molar refractivity (Wildman–Crippen MR) is 83.5 cm³/mol. The van der Waals surface area contributed by atoms with Crippen LogP contribution in [-0.4, -0.2) is 58.0 Å². The molecule has 0 saturated carbocycles. The molecular formula is C16H16N4O3. The molecule has 0 bridgehead atoms. The van der Waals surface area contributed by atoms with Gasteiger partial charge in [-0.25, -0.2) is 14.8 Å². The van der Waals surface area contributed by atoms with Gasteiger partial charge in [-0.15, -0.1) is 0 Å².